The Morgan fingerprint density at radius 2 is 2.06 bits per heavy atom. The first-order valence-electron chi connectivity index (χ1n) is 7.13. The van der Waals surface area contributed by atoms with Gasteiger partial charge in [0, 0.05) is 19.1 Å². The summed E-state index contributed by atoms with van der Waals surface area (Å²) >= 11 is 0. The molecule has 1 amide bonds. The van der Waals surface area contributed by atoms with Crippen LogP contribution in [0.3, 0.4) is 0 Å². The first-order chi connectivity index (χ1) is 8.70. The quantitative estimate of drug-likeness (QED) is 0.702. The summed E-state index contributed by atoms with van der Waals surface area (Å²) in [5.41, 5.74) is 5.36. The predicted molar refractivity (Wildman–Crippen MR) is 72.3 cm³/mol. The highest BCUT2D eigenvalue weighted by molar-refractivity contribution is 5.80. The van der Waals surface area contributed by atoms with Gasteiger partial charge >= 0.3 is 0 Å². The molecule has 2 fully saturated rings. The number of primary amides is 1. The van der Waals surface area contributed by atoms with Crippen LogP contribution in [0.25, 0.3) is 0 Å². The Morgan fingerprint density at radius 1 is 1.33 bits per heavy atom. The van der Waals surface area contributed by atoms with E-state index in [1.54, 1.807) is 7.05 Å². The molecule has 5 nitrogen and oxygen atoms in total. The molecule has 0 bridgehead atoms. The molecule has 2 aliphatic rings. The van der Waals surface area contributed by atoms with E-state index < -0.39 is 0 Å². The van der Waals surface area contributed by atoms with Crippen LogP contribution in [0.4, 0.5) is 0 Å². The Kier molecular flexibility index (Phi) is 4.97. The summed E-state index contributed by atoms with van der Waals surface area (Å²) < 4.78 is 0. The topological polar surface area (TPSA) is 61.6 Å². The molecule has 0 aromatic rings. The van der Waals surface area contributed by atoms with Gasteiger partial charge in [0.1, 0.15) is 0 Å². The van der Waals surface area contributed by atoms with Crippen molar-refractivity contribution in [2.45, 2.75) is 37.8 Å². The summed E-state index contributed by atoms with van der Waals surface area (Å²) in [5.74, 6) is -0.251. The molecule has 0 saturated carbocycles. The molecule has 3 N–H and O–H groups in total. The lowest BCUT2D eigenvalue weighted by molar-refractivity contribution is -0.120. The van der Waals surface area contributed by atoms with Gasteiger partial charge in [-0.1, -0.05) is 6.42 Å². The molecule has 5 heteroatoms. The van der Waals surface area contributed by atoms with Gasteiger partial charge in [-0.3, -0.25) is 14.6 Å². The van der Waals surface area contributed by atoms with Crippen LogP contribution in [0.15, 0.2) is 0 Å². The summed E-state index contributed by atoms with van der Waals surface area (Å²) in [6, 6.07) is 0.473. The van der Waals surface area contributed by atoms with Crippen LogP contribution in [-0.2, 0) is 4.79 Å². The first-order valence-corrected chi connectivity index (χ1v) is 7.13. The Hall–Kier alpha value is -0.650. The van der Waals surface area contributed by atoms with Gasteiger partial charge in [-0.2, -0.15) is 0 Å². The van der Waals surface area contributed by atoms with E-state index in [0.717, 1.165) is 19.6 Å². The van der Waals surface area contributed by atoms with Crippen molar-refractivity contribution in [2.75, 3.05) is 39.8 Å². The fourth-order valence-electron chi connectivity index (χ4n) is 3.14. The minimum atomic E-state index is -0.251. The van der Waals surface area contributed by atoms with Gasteiger partial charge in [0.05, 0.1) is 6.04 Å². The third-order valence-electron chi connectivity index (χ3n) is 4.29. The molecule has 104 valence electrons. The molecule has 2 rings (SSSR count). The number of carbonyl (C=O) groups excluding carboxylic acids is 1. The number of nitrogens with two attached hydrogens (primary N) is 1. The van der Waals surface area contributed by atoms with Crippen LogP contribution in [0, 0.1) is 0 Å². The van der Waals surface area contributed by atoms with Gasteiger partial charge in [-0.15, -0.1) is 0 Å². The Morgan fingerprint density at radius 3 is 2.67 bits per heavy atom. The van der Waals surface area contributed by atoms with E-state index >= 15 is 0 Å². The number of hydrogen-bond donors (Lipinski definition) is 2. The molecule has 18 heavy (non-hydrogen) atoms. The largest absolute Gasteiger partial charge is 0.368 e. The van der Waals surface area contributed by atoms with Crippen molar-refractivity contribution in [3.8, 4) is 0 Å². The van der Waals surface area contributed by atoms with Gasteiger partial charge in [0.15, 0.2) is 0 Å². The van der Waals surface area contributed by atoms with Gasteiger partial charge in [0.25, 0.3) is 0 Å². The van der Waals surface area contributed by atoms with E-state index in [-0.39, 0.29) is 11.9 Å². The molecule has 2 unspecified atom stereocenters. The molecule has 0 aromatic carbocycles. The van der Waals surface area contributed by atoms with E-state index in [0.29, 0.717) is 6.04 Å². The second-order valence-electron chi connectivity index (χ2n) is 5.54. The maximum absolute atomic E-state index is 11.2. The molecular weight excluding hydrogens is 228 g/mol. The second kappa shape index (κ2) is 6.50. The smallest absolute Gasteiger partial charge is 0.235 e. The summed E-state index contributed by atoms with van der Waals surface area (Å²) in [5, 5.41) is 2.99. The second-order valence-corrected chi connectivity index (χ2v) is 5.54. The summed E-state index contributed by atoms with van der Waals surface area (Å²) in [7, 11) is 1.80. The Bertz CT molecular complexity index is 278. The molecule has 0 radical (unpaired) electrons. The van der Waals surface area contributed by atoms with E-state index in [1.165, 1.54) is 38.8 Å². The van der Waals surface area contributed by atoms with Crippen LogP contribution in [0.2, 0.25) is 0 Å². The van der Waals surface area contributed by atoms with Crippen LogP contribution in [0.1, 0.15) is 25.7 Å². The van der Waals surface area contributed by atoms with Crippen molar-refractivity contribution in [3.05, 3.63) is 0 Å². The highest BCUT2D eigenvalue weighted by Crippen LogP contribution is 2.20. The van der Waals surface area contributed by atoms with E-state index in [1.807, 2.05) is 0 Å². The van der Waals surface area contributed by atoms with E-state index in [9.17, 15) is 4.79 Å². The highest BCUT2D eigenvalue weighted by atomic mass is 16.1. The number of carbonyl (C=O) groups is 1. The van der Waals surface area contributed by atoms with Crippen LogP contribution in [0.5, 0.6) is 0 Å². The summed E-state index contributed by atoms with van der Waals surface area (Å²) in [4.78, 5) is 16.2. The minimum absolute atomic E-state index is 0.217. The number of nitrogens with zero attached hydrogens (tertiary/aromatic N) is 2. The van der Waals surface area contributed by atoms with Crippen LogP contribution >= 0.6 is 0 Å². The fourth-order valence-corrected chi connectivity index (χ4v) is 3.14. The molecule has 2 heterocycles. The molecular formula is C13H26N4O. The molecule has 2 aliphatic heterocycles. The maximum Gasteiger partial charge on any atom is 0.235 e. The van der Waals surface area contributed by atoms with Gasteiger partial charge < -0.3 is 11.1 Å². The predicted octanol–water partition coefficient (Wildman–Crippen LogP) is -0.380. The Balaban J connectivity index is 1.78. The lowest BCUT2D eigenvalue weighted by atomic mass is 10.1. The van der Waals surface area contributed by atoms with Crippen molar-refractivity contribution in [1.29, 1.82) is 0 Å². The lowest BCUT2D eigenvalue weighted by Gasteiger charge is -2.32. The molecule has 0 spiro atoms. The van der Waals surface area contributed by atoms with Gasteiger partial charge in [-0.05, 0) is 45.9 Å². The fraction of sp³-hybridized carbons (Fsp3) is 0.923. The number of likely N-dealkylation sites (tertiary alicyclic amines) is 2. The number of likely N-dealkylation sites (N-methyl/N-ethyl adjacent to an activating group) is 1. The van der Waals surface area contributed by atoms with Crippen LogP contribution in [-0.4, -0.2) is 67.6 Å². The molecule has 0 aromatic heterocycles. The summed E-state index contributed by atoms with van der Waals surface area (Å²) in [6.07, 6.45) is 5.31. The zero-order valence-electron chi connectivity index (χ0n) is 11.4. The van der Waals surface area contributed by atoms with Gasteiger partial charge in [-0.25, -0.2) is 0 Å². The third-order valence-corrected chi connectivity index (χ3v) is 4.29. The average molecular weight is 254 g/mol. The normalized spacial score (nSPS) is 28.4. The van der Waals surface area contributed by atoms with E-state index in [2.05, 4.69) is 15.1 Å². The standard InChI is InChI=1S/C13H26N4O/c1-15-12(13(14)18)10-16-8-5-11(9-16)17-6-3-2-4-7-17/h11-12,15H,2-10H2,1H3,(H2,14,18). The SMILES string of the molecule is CNC(CN1CCC(N2CCCCC2)C1)C(N)=O. The number of hydrogen-bond acceptors (Lipinski definition) is 4. The zero-order chi connectivity index (χ0) is 13.0. The third kappa shape index (κ3) is 3.43. The molecule has 0 aliphatic carbocycles. The van der Waals surface area contributed by atoms with Crippen molar-refractivity contribution < 1.29 is 4.79 Å². The number of piperidine rings is 1. The Labute approximate surface area is 110 Å². The monoisotopic (exact) mass is 254 g/mol. The molecule has 2 saturated heterocycles. The highest BCUT2D eigenvalue weighted by Gasteiger charge is 2.30. The van der Waals surface area contributed by atoms with E-state index in [4.69, 9.17) is 5.73 Å². The van der Waals surface area contributed by atoms with Crippen molar-refractivity contribution in [2.24, 2.45) is 5.73 Å². The average Bonchev–Trinajstić information content (AvgIpc) is 2.85. The molecule has 2 atom stereocenters. The minimum Gasteiger partial charge on any atom is -0.368 e. The van der Waals surface area contributed by atoms with Crippen LogP contribution < -0.4 is 11.1 Å². The lowest BCUT2D eigenvalue weighted by Crippen LogP contribution is -2.48. The number of rotatable bonds is 5. The maximum atomic E-state index is 11.2. The number of amides is 1. The first kappa shape index (κ1) is 13.8. The summed E-state index contributed by atoms with van der Waals surface area (Å²) in [6.45, 7) is 5.43. The van der Waals surface area contributed by atoms with Gasteiger partial charge in [0.2, 0.25) is 5.91 Å². The van der Waals surface area contributed by atoms with Crippen molar-refractivity contribution in [3.63, 3.8) is 0 Å². The zero-order valence-corrected chi connectivity index (χ0v) is 11.4. The number of nitrogens with one attached hydrogen (secondary N) is 1. The van der Waals surface area contributed by atoms with Crippen molar-refractivity contribution in [1.82, 2.24) is 15.1 Å². The van der Waals surface area contributed by atoms with Crippen molar-refractivity contribution >= 4 is 5.91 Å².